The van der Waals surface area contributed by atoms with Crippen molar-refractivity contribution in [3.8, 4) is 0 Å². The lowest BCUT2D eigenvalue weighted by Crippen LogP contribution is -2.26. The number of carbonyl (C=O) groups is 2. The van der Waals surface area contributed by atoms with E-state index < -0.39 is 5.92 Å². The topological polar surface area (TPSA) is 46.5 Å². The summed E-state index contributed by atoms with van der Waals surface area (Å²) in [7, 11) is 0. The van der Waals surface area contributed by atoms with E-state index in [0.717, 1.165) is 16.8 Å². The molecule has 0 fully saturated rings. The zero-order chi connectivity index (χ0) is 18.1. The first-order valence-electron chi connectivity index (χ1n) is 8.54. The van der Waals surface area contributed by atoms with Crippen LogP contribution in [0.4, 0.5) is 5.69 Å². The number of aryl methyl sites for hydroxylation is 1. The second-order valence-electron chi connectivity index (χ2n) is 6.36. The molecule has 0 aliphatic heterocycles. The molecule has 0 amide bonds. The lowest BCUT2D eigenvalue weighted by molar-refractivity contribution is 0.0884. The number of para-hydroxylation sites is 1. The van der Waals surface area contributed by atoms with Crippen LogP contribution >= 0.6 is 0 Å². The zero-order valence-electron chi connectivity index (χ0n) is 14.3. The summed E-state index contributed by atoms with van der Waals surface area (Å²) in [5.74, 6) is -1.25. The van der Waals surface area contributed by atoms with Crippen molar-refractivity contribution in [3.05, 3.63) is 101 Å². The number of hydrogen-bond donors (Lipinski definition) is 0. The molecule has 0 saturated carbocycles. The van der Waals surface area contributed by atoms with Crippen LogP contribution in [0.25, 0.3) is 0 Å². The van der Waals surface area contributed by atoms with Gasteiger partial charge in [0.15, 0.2) is 11.6 Å². The zero-order valence-corrected chi connectivity index (χ0v) is 14.3. The third-order valence-electron chi connectivity index (χ3n) is 4.68. The number of carbonyl (C=O) groups excluding carboxylic acids is 2. The maximum atomic E-state index is 13.0. The Hall–Kier alpha value is -3.33. The Bertz CT molecular complexity index is 1000. The van der Waals surface area contributed by atoms with Crippen molar-refractivity contribution < 1.29 is 9.59 Å². The number of aliphatic imine (C=N–C) groups is 1. The van der Waals surface area contributed by atoms with Crippen molar-refractivity contribution in [2.75, 3.05) is 0 Å². The van der Waals surface area contributed by atoms with Gasteiger partial charge in [0.1, 0.15) is 5.92 Å². The molecule has 0 N–H and O–H groups in total. The summed E-state index contributed by atoms with van der Waals surface area (Å²) in [6.45, 7) is 1.97. The Morgan fingerprint density at radius 3 is 1.88 bits per heavy atom. The smallest absolute Gasteiger partial charge is 0.180 e. The van der Waals surface area contributed by atoms with Crippen molar-refractivity contribution >= 4 is 23.0 Å². The summed E-state index contributed by atoms with van der Waals surface area (Å²) in [5, 5.41) is 0. The fourth-order valence-electron chi connectivity index (χ4n) is 3.31. The van der Waals surface area contributed by atoms with E-state index in [0.29, 0.717) is 16.8 Å². The highest BCUT2D eigenvalue weighted by atomic mass is 16.2. The summed E-state index contributed by atoms with van der Waals surface area (Å²) in [6, 6.07) is 24.2. The average Bonchev–Trinajstić information content (AvgIpc) is 2.93. The number of Topliss-reactive ketones (excluding diaryl/α,β-unsaturated/α-hetero) is 2. The summed E-state index contributed by atoms with van der Waals surface area (Å²) in [5.41, 5.74) is 4.02. The molecule has 0 unspecified atom stereocenters. The van der Waals surface area contributed by atoms with Crippen molar-refractivity contribution in [2.24, 2.45) is 10.9 Å². The summed E-state index contributed by atoms with van der Waals surface area (Å²) < 4.78 is 0. The third kappa shape index (κ3) is 2.68. The SMILES string of the molecule is Cc1ccccc1N=C(c1ccccc1)C1C(=O)c2ccccc2C1=O. The van der Waals surface area contributed by atoms with E-state index in [4.69, 9.17) is 4.99 Å². The summed E-state index contributed by atoms with van der Waals surface area (Å²) in [4.78, 5) is 30.8. The highest BCUT2D eigenvalue weighted by Gasteiger charge is 2.42. The standard InChI is InChI=1S/C23H17NO2/c1-15-9-5-8-14-19(15)24-21(16-10-3-2-4-11-16)20-22(25)17-12-6-7-13-18(17)23(20)26/h2-14,20H,1H3. The highest BCUT2D eigenvalue weighted by Crippen LogP contribution is 2.31. The summed E-state index contributed by atoms with van der Waals surface area (Å²) >= 11 is 0. The second kappa shape index (κ2) is 6.52. The van der Waals surface area contributed by atoms with Crippen LogP contribution in [-0.4, -0.2) is 17.3 Å². The van der Waals surface area contributed by atoms with E-state index in [2.05, 4.69) is 0 Å². The van der Waals surface area contributed by atoms with E-state index in [9.17, 15) is 9.59 Å². The van der Waals surface area contributed by atoms with Gasteiger partial charge in [-0.05, 0) is 24.1 Å². The monoisotopic (exact) mass is 339 g/mol. The molecule has 126 valence electrons. The Labute approximate surface area is 152 Å². The van der Waals surface area contributed by atoms with Gasteiger partial charge < -0.3 is 0 Å². The third-order valence-corrected chi connectivity index (χ3v) is 4.68. The molecule has 3 aromatic carbocycles. The van der Waals surface area contributed by atoms with Crippen LogP contribution in [0.15, 0.2) is 83.9 Å². The predicted octanol–water partition coefficient (Wildman–Crippen LogP) is 4.81. The van der Waals surface area contributed by atoms with Crippen LogP contribution in [0.2, 0.25) is 0 Å². The molecule has 26 heavy (non-hydrogen) atoms. The van der Waals surface area contributed by atoms with Gasteiger partial charge >= 0.3 is 0 Å². The van der Waals surface area contributed by atoms with Crippen LogP contribution in [0.5, 0.6) is 0 Å². The minimum absolute atomic E-state index is 0.179. The number of hydrogen-bond acceptors (Lipinski definition) is 3. The second-order valence-corrected chi connectivity index (χ2v) is 6.36. The molecule has 1 aliphatic carbocycles. The first-order chi connectivity index (χ1) is 12.7. The van der Waals surface area contributed by atoms with Gasteiger partial charge in [0, 0.05) is 11.1 Å². The molecule has 3 aromatic rings. The molecular weight excluding hydrogens is 322 g/mol. The van der Waals surface area contributed by atoms with E-state index in [-0.39, 0.29) is 11.6 Å². The van der Waals surface area contributed by atoms with Crippen LogP contribution in [0.3, 0.4) is 0 Å². The summed E-state index contributed by atoms with van der Waals surface area (Å²) in [6.07, 6.45) is 0. The first kappa shape index (κ1) is 16.2. The molecule has 4 rings (SSSR count). The molecular formula is C23H17NO2. The molecule has 0 radical (unpaired) electrons. The van der Waals surface area contributed by atoms with E-state index in [1.54, 1.807) is 24.3 Å². The number of benzene rings is 3. The molecule has 0 bridgehead atoms. The Balaban J connectivity index is 1.90. The van der Waals surface area contributed by atoms with Gasteiger partial charge in [-0.2, -0.15) is 0 Å². The number of ketones is 2. The fourth-order valence-corrected chi connectivity index (χ4v) is 3.31. The lowest BCUT2D eigenvalue weighted by Gasteiger charge is -2.13. The molecule has 0 atom stereocenters. The number of nitrogens with zero attached hydrogens (tertiary/aromatic N) is 1. The van der Waals surface area contributed by atoms with Gasteiger partial charge in [-0.3, -0.25) is 14.6 Å². The normalized spacial score (nSPS) is 14.6. The largest absolute Gasteiger partial charge is 0.293 e. The number of fused-ring (bicyclic) bond motifs is 1. The van der Waals surface area contributed by atoms with Crippen LogP contribution < -0.4 is 0 Å². The van der Waals surface area contributed by atoms with Crippen molar-refractivity contribution in [1.29, 1.82) is 0 Å². The molecule has 0 spiro atoms. The molecule has 1 aliphatic rings. The first-order valence-corrected chi connectivity index (χ1v) is 8.54. The Kier molecular flexibility index (Phi) is 4.05. The Morgan fingerprint density at radius 1 is 0.731 bits per heavy atom. The quantitative estimate of drug-likeness (QED) is 0.508. The van der Waals surface area contributed by atoms with Crippen LogP contribution in [-0.2, 0) is 0 Å². The maximum Gasteiger partial charge on any atom is 0.180 e. The van der Waals surface area contributed by atoms with Crippen LogP contribution in [0, 0.1) is 12.8 Å². The van der Waals surface area contributed by atoms with Crippen molar-refractivity contribution in [2.45, 2.75) is 6.92 Å². The van der Waals surface area contributed by atoms with Crippen molar-refractivity contribution in [1.82, 2.24) is 0 Å². The van der Waals surface area contributed by atoms with Gasteiger partial charge in [-0.25, -0.2) is 0 Å². The van der Waals surface area contributed by atoms with Gasteiger partial charge in [0.2, 0.25) is 0 Å². The Morgan fingerprint density at radius 2 is 1.27 bits per heavy atom. The maximum absolute atomic E-state index is 13.0. The predicted molar refractivity (Wildman–Crippen MR) is 102 cm³/mol. The van der Waals surface area contributed by atoms with Crippen molar-refractivity contribution in [3.63, 3.8) is 0 Å². The fraction of sp³-hybridized carbons (Fsp3) is 0.0870. The van der Waals surface area contributed by atoms with Crippen LogP contribution in [0.1, 0.15) is 31.8 Å². The minimum Gasteiger partial charge on any atom is -0.293 e. The van der Waals surface area contributed by atoms with Gasteiger partial charge in [-0.15, -0.1) is 0 Å². The van der Waals surface area contributed by atoms with E-state index in [1.807, 2.05) is 61.5 Å². The van der Waals surface area contributed by atoms with E-state index >= 15 is 0 Å². The molecule has 0 saturated heterocycles. The molecule has 0 heterocycles. The van der Waals surface area contributed by atoms with Gasteiger partial charge in [0.25, 0.3) is 0 Å². The number of rotatable bonds is 3. The molecule has 0 aromatic heterocycles. The highest BCUT2D eigenvalue weighted by molar-refractivity contribution is 6.39. The van der Waals surface area contributed by atoms with Gasteiger partial charge in [0.05, 0.1) is 11.4 Å². The molecule has 3 nitrogen and oxygen atoms in total. The molecule has 3 heteroatoms. The lowest BCUT2D eigenvalue weighted by atomic mass is 9.92. The average molecular weight is 339 g/mol. The van der Waals surface area contributed by atoms with E-state index in [1.165, 1.54) is 0 Å². The minimum atomic E-state index is -0.894. The van der Waals surface area contributed by atoms with Gasteiger partial charge in [-0.1, -0.05) is 72.8 Å².